The predicted molar refractivity (Wildman–Crippen MR) is 70.7 cm³/mol. The highest BCUT2D eigenvalue weighted by Crippen LogP contribution is 2.17. The van der Waals surface area contributed by atoms with Gasteiger partial charge in [-0.3, -0.25) is 4.79 Å². The molecule has 0 saturated heterocycles. The first-order valence-corrected chi connectivity index (χ1v) is 6.00. The van der Waals surface area contributed by atoms with Gasteiger partial charge in [-0.05, 0) is 25.1 Å². The topological polar surface area (TPSA) is 70.9 Å². The van der Waals surface area contributed by atoms with Crippen LogP contribution in [-0.4, -0.2) is 16.0 Å². The lowest BCUT2D eigenvalue weighted by atomic mass is 10.1. The van der Waals surface area contributed by atoms with Crippen LogP contribution < -0.4 is 5.32 Å². The van der Waals surface area contributed by atoms with E-state index >= 15 is 0 Å². The summed E-state index contributed by atoms with van der Waals surface area (Å²) in [6.07, 6.45) is 1.82. The summed E-state index contributed by atoms with van der Waals surface area (Å²) in [6.45, 7) is 2.18. The highest BCUT2D eigenvalue weighted by molar-refractivity contribution is 6.06. The molecule has 2 aromatic heterocycles. The summed E-state index contributed by atoms with van der Waals surface area (Å²) in [5.74, 6) is 0.520. The number of carbonyl (C=O) groups is 1. The van der Waals surface area contributed by atoms with E-state index in [-0.39, 0.29) is 5.91 Å². The Hall–Kier alpha value is -2.56. The second kappa shape index (κ2) is 4.61. The van der Waals surface area contributed by atoms with Crippen LogP contribution in [0.2, 0.25) is 0 Å². The van der Waals surface area contributed by atoms with Gasteiger partial charge >= 0.3 is 0 Å². The Morgan fingerprint density at radius 2 is 2.32 bits per heavy atom. The van der Waals surface area contributed by atoms with E-state index in [2.05, 4.69) is 15.5 Å². The minimum Gasteiger partial charge on any atom is -0.361 e. The van der Waals surface area contributed by atoms with E-state index in [1.54, 1.807) is 12.1 Å². The average molecular weight is 255 g/mol. The van der Waals surface area contributed by atoms with E-state index in [0.29, 0.717) is 17.9 Å². The number of aromatic nitrogens is 2. The van der Waals surface area contributed by atoms with Crippen molar-refractivity contribution < 1.29 is 9.32 Å². The van der Waals surface area contributed by atoms with Crippen LogP contribution in [0, 0.1) is 6.92 Å². The molecule has 0 spiro atoms. The molecule has 0 bridgehead atoms. The molecule has 1 aromatic carbocycles. The Balaban J connectivity index is 1.78. The second-order valence-corrected chi connectivity index (χ2v) is 4.36. The molecule has 3 rings (SSSR count). The summed E-state index contributed by atoms with van der Waals surface area (Å²) in [7, 11) is 0. The number of hydrogen-bond acceptors (Lipinski definition) is 3. The molecule has 5 nitrogen and oxygen atoms in total. The molecule has 0 unspecified atom stereocenters. The first-order chi connectivity index (χ1) is 9.24. The Kier molecular flexibility index (Phi) is 2.79. The van der Waals surface area contributed by atoms with E-state index < -0.39 is 0 Å². The SMILES string of the molecule is Cc1cc(CNC(=O)c2cccc3[nH]ccc23)on1. The number of nitrogens with one attached hydrogen (secondary N) is 2. The summed E-state index contributed by atoms with van der Waals surface area (Å²) in [5.41, 5.74) is 2.40. The summed E-state index contributed by atoms with van der Waals surface area (Å²) >= 11 is 0. The number of benzene rings is 1. The fourth-order valence-corrected chi connectivity index (χ4v) is 2.05. The quantitative estimate of drug-likeness (QED) is 0.755. The maximum absolute atomic E-state index is 12.1. The third kappa shape index (κ3) is 2.22. The maximum Gasteiger partial charge on any atom is 0.252 e. The van der Waals surface area contributed by atoms with Gasteiger partial charge in [0.15, 0.2) is 5.76 Å². The standard InChI is InChI=1S/C14H13N3O2/c1-9-7-10(19-17-9)8-16-14(18)12-3-2-4-13-11(12)5-6-15-13/h2-7,15H,8H2,1H3,(H,16,18). The first kappa shape index (κ1) is 11.5. The number of hydrogen-bond donors (Lipinski definition) is 2. The number of fused-ring (bicyclic) bond motifs is 1. The molecule has 96 valence electrons. The summed E-state index contributed by atoms with van der Waals surface area (Å²) in [5, 5.41) is 7.51. The van der Waals surface area contributed by atoms with Crippen molar-refractivity contribution in [1.29, 1.82) is 0 Å². The Labute approximate surface area is 109 Å². The first-order valence-electron chi connectivity index (χ1n) is 6.00. The third-order valence-corrected chi connectivity index (χ3v) is 2.94. The van der Waals surface area contributed by atoms with Gasteiger partial charge in [0.05, 0.1) is 12.2 Å². The lowest BCUT2D eigenvalue weighted by molar-refractivity contribution is 0.0948. The second-order valence-electron chi connectivity index (χ2n) is 4.36. The Morgan fingerprint density at radius 1 is 1.42 bits per heavy atom. The molecule has 0 saturated carbocycles. The van der Waals surface area contributed by atoms with Crippen molar-refractivity contribution >= 4 is 16.8 Å². The molecular weight excluding hydrogens is 242 g/mol. The molecule has 2 heterocycles. The minimum absolute atomic E-state index is 0.126. The normalized spacial score (nSPS) is 10.8. The third-order valence-electron chi connectivity index (χ3n) is 2.94. The molecule has 0 aliphatic heterocycles. The monoisotopic (exact) mass is 255 g/mol. The zero-order valence-electron chi connectivity index (χ0n) is 10.4. The van der Waals surface area contributed by atoms with E-state index in [1.807, 2.05) is 31.3 Å². The van der Waals surface area contributed by atoms with Gasteiger partial charge < -0.3 is 14.8 Å². The van der Waals surface area contributed by atoms with Gasteiger partial charge in [-0.25, -0.2) is 0 Å². The zero-order valence-corrected chi connectivity index (χ0v) is 10.4. The predicted octanol–water partition coefficient (Wildman–Crippen LogP) is 2.39. The van der Waals surface area contributed by atoms with E-state index in [4.69, 9.17) is 4.52 Å². The van der Waals surface area contributed by atoms with Crippen LogP contribution in [0.25, 0.3) is 10.9 Å². The van der Waals surface area contributed by atoms with Crippen LogP contribution in [0.15, 0.2) is 41.1 Å². The fraction of sp³-hybridized carbons (Fsp3) is 0.143. The number of aryl methyl sites for hydroxylation is 1. The molecule has 1 amide bonds. The van der Waals surface area contributed by atoms with E-state index in [9.17, 15) is 4.79 Å². The summed E-state index contributed by atoms with van der Waals surface area (Å²) in [4.78, 5) is 15.2. The number of H-pyrrole nitrogens is 1. The summed E-state index contributed by atoms with van der Waals surface area (Å²) in [6, 6.07) is 9.29. The van der Waals surface area contributed by atoms with Crippen LogP contribution in [0.3, 0.4) is 0 Å². The smallest absolute Gasteiger partial charge is 0.252 e. The number of nitrogens with zero attached hydrogens (tertiary/aromatic N) is 1. The zero-order chi connectivity index (χ0) is 13.2. The van der Waals surface area contributed by atoms with Gasteiger partial charge in [0.2, 0.25) is 0 Å². The Bertz CT molecular complexity index is 727. The summed E-state index contributed by atoms with van der Waals surface area (Å²) < 4.78 is 5.05. The van der Waals surface area contributed by atoms with Crippen molar-refractivity contribution in [3.8, 4) is 0 Å². The van der Waals surface area contributed by atoms with Gasteiger partial charge in [0.1, 0.15) is 0 Å². The van der Waals surface area contributed by atoms with Crippen molar-refractivity contribution in [1.82, 2.24) is 15.5 Å². The molecule has 0 radical (unpaired) electrons. The molecule has 0 fully saturated rings. The van der Waals surface area contributed by atoms with Crippen molar-refractivity contribution in [2.24, 2.45) is 0 Å². The molecular formula is C14H13N3O2. The highest BCUT2D eigenvalue weighted by atomic mass is 16.5. The minimum atomic E-state index is -0.126. The largest absolute Gasteiger partial charge is 0.361 e. The van der Waals surface area contributed by atoms with Gasteiger partial charge in [-0.1, -0.05) is 11.2 Å². The number of rotatable bonds is 3. The molecule has 2 N–H and O–H groups in total. The maximum atomic E-state index is 12.1. The van der Waals surface area contributed by atoms with Crippen molar-refractivity contribution in [3.05, 3.63) is 53.5 Å². The van der Waals surface area contributed by atoms with Crippen LogP contribution in [0.5, 0.6) is 0 Å². The van der Waals surface area contributed by atoms with Crippen LogP contribution >= 0.6 is 0 Å². The molecule has 0 aliphatic rings. The van der Waals surface area contributed by atoms with E-state index in [0.717, 1.165) is 16.6 Å². The fourth-order valence-electron chi connectivity index (χ4n) is 2.05. The van der Waals surface area contributed by atoms with Crippen molar-refractivity contribution in [2.45, 2.75) is 13.5 Å². The lowest BCUT2D eigenvalue weighted by Crippen LogP contribution is -2.22. The molecule has 3 aromatic rings. The van der Waals surface area contributed by atoms with Gasteiger partial charge in [0, 0.05) is 28.7 Å². The van der Waals surface area contributed by atoms with Crippen LogP contribution in [-0.2, 0) is 6.54 Å². The van der Waals surface area contributed by atoms with Crippen molar-refractivity contribution in [3.63, 3.8) is 0 Å². The van der Waals surface area contributed by atoms with Gasteiger partial charge in [-0.15, -0.1) is 0 Å². The molecule has 0 aliphatic carbocycles. The van der Waals surface area contributed by atoms with Crippen LogP contribution in [0.4, 0.5) is 0 Å². The van der Waals surface area contributed by atoms with Crippen LogP contribution in [0.1, 0.15) is 21.8 Å². The lowest BCUT2D eigenvalue weighted by Gasteiger charge is -2.04. The molecule has 19 heavy (non-hydrogen) atoms. The number of carbonyl (C=O) groups excluding carboxylic acids is 1. The van der Waals surface area contributed by atoms with Gasteiger partial charge in [0.25, 0.3) is 5.91 Å². The number of aromatic amines is 1. The highest BCUT2D eigenvalue weighted by Gasteiger charge is 2.11. The number of amides is 1. The van der Waals surface area contributed by atoms with Crippen molar-refractivity contribution in [2.75, 3.05) is 0 Å². The van der Waals surface area contributed by atoms with E-state index in [1.165, 1.54) is 0 Å². The molecule has 5 heteroatoms. The van der Waals surface area contributed by atoms with Gasteiger partial charge in [-0.2, -0.15) is 0 Å². The average Bonchev–Trinajstić information content (AvgIpc) is 3.03. The molecule has 0 atom stereocenters. The Morgan fingerprint density at radius 3 is 3.11 bits per heavy atom.